The Balaban J connectivity index is 2.26. The first-order chi connectivity index (χ1) is 7.66. The Morgan fingerprint density at radius 3 is 2.88 bits per heavy atom. The molecule has 0 radical (unpaired) electrons. The molecular formula is C11H9BrN2O2. The van der Waals surface area contributed by atoms with Crippen LogP contribution >= 0.6 is 15.9 Å². The molecule has 82 valence electrons. The lowest BCUT2D eigenvalue weighted by Gasteiger charge is -2.05. The lowest BCUT2D eigenvalue weighted by molar-refractivity contribution is 0.0697. The average molecular weight is 281 g/mol. The van der Waals surface area contributed by atoms with E-state index in [1.54, 1.807) is 29.1 Å². The highest BCUT2D eigenvalue weighted by Crippen LogP contribution is 2.19. The molecule has 1 aromatic heterocycles. The fraction of sp³-hybridized carbons (Fsp3) is 0.0909. The van der Waals surface area contributed by atoms with Crippen LogP contribution in [0, 0.1) is 0 Å². The maximum atomic E-state index is 10.7. The van der Waals surface area contributed by atoms with Crippen molar-refractivity contribution in [2.24, 2.45) is 0 Å². The zero-order chi connectivity index (χ0) is 11.5. The van der Waals surface area contributed by atoms with Gasteiger partial charge in [0.1, 0.15) is 0 Å². The minimum atomic E-state index is -0.925. The summed E-state index contributed by atoms with van der Waals surface area (Å²) in [7, 11) is 0. The van der Waals surface area contributed by atoms with Gasteiger partial charge in [-0.3, -0.25) is 4.68 Å². The highest BCUT2D eigenvalue weighted by Gasteiger charge is 2.06. The molecule has 2 aromatic rings. The summed E-state index contributed by atoms with van der Waals surface area (Å²) >= 11 is 3.36. The van der Waals surface area contributed by atoms with Gasteiger partial charge in [-0.15, -0.1) is 0 Å². The van der Waals surface area contributed by atoms with E-state index in [2.05, 4.69) is 21.0 Å². The summed E-state index contributed by atoms with van der Waals surface area (Å²) in [5.74, 6) is -0.925. The maximum absolute atomic E-state index is 10.7. The van der Waals surface area contributed by atoms with Crippen molar-refractivity contribution in [1.82, 2.24) is 9.78 Å². The van der Waals surface area contributed by atoms with Crippen LogP contribution in [0.2, 0.25) is 0 Å². The number of rotatable bonds is 3. The second kappa shape index (κ2) is 4.49. The third kappa shape index (κ3) is 2.30. The third-order valence-corrected chi connectivity index (χ3v) is 2.93. The van der Waals surface area contributed by atoms with Crippen LogP contribution in [0.4, 0.5) is 0 Å². The third-order valence-electron chi connectivity index (χ3n) is 2.19. The summed E-state index contributed by atoms with van der Waals surface area (Å²) in [6, 6.07) is 6.82. The number of aromatic carboxylic acids is 1. The lowest BCUT2D eigenvalue weighted by Crippen LogP contribution is -2.02. The highest BCUT2D eigenvalue weighted by atomic mass is 79.9. The Morgan fingerprint density at radius 1 is 1.50 bits per heavy atom. The molecule has 4 nitrogen and oxygen atoms in total. The van der Waals surface area contributed by atoms with Crippen molar-refractivity contribution >= 4 is 21.9 Å². The molecule has 1 heterocycles. The highest BCUT2D eigenvalue weighted by molar-refractivity contribution is 9.10. The molecule has 0 spiro atoms. The number of hydrogen-bond acceptors (Lipinski definition) is 2. The molecular weight excluding hydrogens is 272 g/mol. The van der Waals surface area contributed by atoms with Crippen molar-refractivity contribution in [2.45, 2.75) is 6.54 Å². The van der Waals surface area contributed by atoms with Gasteiger partial charge in [-0.05, 0) is 23.8 Å². The molecule has 1 N–H and O–H groups in total. The van der Waals surface area contributed by atoms with Gasteiger partial charge in [0, 0.05) is 16.9 Å². The van der Waals surface area contributed by atoms with Crippen LogP contribution in [0.5, 0.6) is 0 Å². The number of aromatic nitrogens is 2. The predicted molar refractivity (Wildman–Crippen MR) is 62.4 cm³/mol. The van der Waals surface area contributed by atoms with Crippen molar-refractivity contribution in [3.63, 3.8) is 0 Å². The molecule has 0 saturated carbocycles. The fourth-order valence-corrected chi connectivity index (χ4v) is 1.88. The smallest absolute Gasteiger partial charge is 0.335 e. The van der Waals surface area contributed by atoms with Crippen LogP contribution in [-0.2, 0) is 6.54 Å². The van der Waals surface area contributed by atoms with E-state index in [0.29, 0.717) is 6.54 Å². The molecule has 0 amide bonds. The first-order valence-electron chi connectivity index (χ1n) is 4.66. The van der Waals surface area contributed by atoms with E-state index in [9.17, 15) is 4.79 Å². The van der Waals surface area contributed by atoms with Crippen LogP contribution in [-0.4, -0.2) is 20.9 Å². The number of carbonyl (C=O) groups is 1. The van der Waals surface area contributed by atoms with Crippen LogP contribution in [0.15, 0.2) is 41.1 Å². The first kappa shape index (κ1) is 10.9. The summed E-state index contributed by atoms with van der Waals surface area (Å²) in [5, 5.41) is 12.9. The topological polar surface area (TPSA) is 55.1 Å². The molecule has 5 heteroatoms. The second-order valence-corrected chi connectivity index (χ2v) is 4.17. The van der Waals surface area contributed by atoms with E-state index in [4.69, 9.17) is 5.11 Å². The van der Waals surface area contributed by atoms with Gasteiger partial charge in [-0.1, -0.05) is 22.0 Å². The zero-order valence-electron chi connectivity index (χ0n) is 8.30. The summed E-state index contributed by atoms with van der Waals surface area (Å²) < 4.78 is 2.56. The van der Waals surface area contributed by atoms with Gasteiger partial charge < -0.3 is 5.11 Å². The number of hydrogen-bond donors (Lipinski definition) is 1. The van der Waals surface area contributed by atoms with Crippen LogP contribution < -0.4 is 0 Å². The normalized spacial score (nSPS) is 10.3. The van der Waals surface area contributed by atoms with Crippen molar-refractivity contribution < 1.29 is 9.90 Å². The quantitative estimate of drug-likeness (QED) is 0.939. The average Bonchev–Trinajstić information content (AvgIpc) is 2.73. The summed E-state index contributed by atoms with van der Waals surface area (Å²) in [4.78, 5) is 10.7. The van der Waals surface area contributed by atoms with Crippen LogP contribution in [0.25, 0.3) is 0 Å². The molecule has 2 rings (SSSR count). The number of nitrogens with zero attached hydrogens (tertiary/aromatic N) is 2. The maximum Gasteiger partial charge on any atom is 0.335 e. The van der Waals surface area contributed by atoms with E-state index >= 15 is 0 Å². The second-order valence-electron chi connectivity index (χ2n) is 3.31. The lowest BCUT2D eigenvalue weighted by atomic mass is 10.1. The van der Waals surface area contributed by atoms with E-state index in [1.165, 1.54) is 0 Å². The SMILES string of the molecule is O=C(O)c1ccc(Cn2cccn2)c(Br)c1. The van der Waals surface area contributed by atoms with Crippen molar-refractivity contribution in [1.29, 1.82) is 0 Å². The summed E-state index contributed by atoms with van der Waals surface area (Å²) in [6.45, 7) is 0.619. The standard InChI is InChI=1S/C11H9BrN2O2/c12-10-6-8(11(15)16)2-3-9(10)7-14-5-1-4-13-14/h1-6H,7H2,(H,15,16). The molecule has 0 saturated heterocycles. The van der Waals surface area contributed by atoms with Gasteiger partial charge in [-0.25, -0.2) is 4.79 Å². The van der Waals surface area contributed by atoms with Gasteiger partial charge in [0.15, 0.2) is 0 Å². The van der Waals surface area contributed by atoms with Crippen molar-refractivity contribution in [3.05, 3.63) is 52.3 Å². The van der Waals surface area contributed by atoms with Crippen LogP contribution in [0.3, 0.4) is 0 Å². The van der Waals surface area contributed by atoms with Gasteiger partial charge in [0.05, 0.1) is 12.1 Å². The molecule has 0 bridgehead atoms. The monoisotopic (exact) mass is 280 g/mol. The van der Waals surface area contributed by atoms with Crippen LogP contribution in [0.1, 0.15) is 15.9 Å². The Morgan fingerprint density at radius 2 is 2.31 bits per heavy atom. The molecule has 0 atom stereocenters. The van der Waals surface area contributed by atoms with Gasteiger partial charge in [0.2, 0.25) is 0 Å². The van der Waals surface area contributed by atoms with E-state index in [-0.39, 0.29) is 5.56 Å². The fourth-order valence-electron chi connectivity index (χ4n) is 1.38. The number of carboxylic acid groups (broad SMARTS) is 1. The first-order valence-corrected chi connectivity index (χ1v) is 5.45. The molecule has 0 aliphatic carbocycles. The minimum Gasteiger partial charge on any atom is -0.478 e. The molecule has 0 aliphatic rings. The summed E-state index contributed by atoms with van der Waals surface area (Å²) in [5.41, 5.74) is 1.27. The molecule has 0 aliphatic heterocycles. The van der Waals surface area contributed by atoms with Crippen molar-refractivity contribution in [2.75, 3.05) is 0 Å². The summed E-state index contributed by atoms with van der Waals surface area (Å²) in [6.07, 6.45) is 3.57. The van der Waals surface area contributed by atoms with E-state index in [0.717, 1.165) is 10.0 Å². The molecule has 16 heavy (non-hydrogen) atoms. The number of halogens is 1. The Hall–Kier alpha value is -1.62. The van der Waals surface area contributed by atoms with Gasteiger partial charge >= 0.3 is 5.97 Å². The van der Waals surface area contributed by atoms with Gasteiger partial charge in [-0.2, -0.15) is 5.10 Å². The van der Waals surface area contributed by atoms with Crippen molar-refractivity contribution in [3.8, 4) is 0 Å². The zero-order valence-corrected chi connectivity index (χ0v) is 9.89. The number of carboxylic acids is 1. The largest absolute Gasteiger partial charge is 0.478 e. The Bertz CT molecular complexity index is 509. The molecule has 0 fully saturated rings. The number of benzene rings is 1. The molecule has 1 aromatic carbocycles. The Kier molecular flexibility index (Phi) is 3.05. The minimum absolute atomic E-state index is 0.274. The predicted octanol–water partition coefficient (Wildman–Crippen LogP) is 2.39. The van der Waals surface area contributed by atoms with E-state index in [1.807, 2.05) is 12.3 Å². The van der Waals surface area contributed by atoms with Gasteiger partial charge in [0.25, 0.3) is 0 Å². The molecule has 0 unspecified atom stereocenters. The Labute approximate surface area is 101 Å². The van der Waals surface area contributed by atoms with E-state index < -0.39 is 5.97 Å².